The first-order chi connectivity index (χ1) is 10.8. The Bertz CT molecular complexity index is 399. The molecule has 5 nitrogen and oxygen atoms in total. The lowest BCUT2D eigenvalue weighted by molar-refractivity contribution is -0.183. The Morgan fingerprint density at radius 3 is 2.52 bits per heavy atom. The summed E-state index contributed by atoms with van der Waals surface area (Å²) in [5.41, 5.74) is 5.60. The molecule has 2 aliphatic rings. The van der Waals surface area contributed by atoms with Crippen molar-refractivity contribution in [2.45, 2.75) is 69.6 Å². The van der Waals surface area contributed by atoms with Crippen molar-refractivity contribution in [3.8, 4) is 0 Å². The first kappa shape index (κ1) is 18.5. The van der Waals surface area contributed by atoms with Crippen LogP contribution in [0.3, 0.4) is 0 Å². The molecule has 134 valence electrons. The van der Waals surface area contributed by atoms with Gasteiger partial charge in [-0.3, -0.25) is 4.79 Å². The van der Waals surface area contributed by atoms with Gasteiger partial charge < -0.3 is 19.9 Å². The van der Waals surface area contributed by atoms with E-state index in [4.69, 9.17) is 19.9 Å². The minimum Gasteiger partial charge on any atom is -0.459 e. The number of hydrogen-bond acceptors (Lipinski definition) is 5. The van der Waals surface area contributed by atoms with E-state index in [2.05, 4.69) is 0 Å². The van der Waals surface area contributed by atoms with E-state index < -0.39 is 42.7 Å². The molecule has 23 heavy (non-hydrogen) atoms. The summed E-state index contributed by atoms with van der Waals surface area (Å²) in [4.78, 5) is 11.8. The number of hydrogen-bond donors (Lipinski definition) is 1. The molecule has 1 aliphatic carbocycles. The molecule has 1 heterocycles. The number of nitrogens with two attached hydrogens (primary N) is 1. The Labute approximate surface area is 133 Å². The van der Waals surface area contributed by atoms with Crippen molar-refractivity contribution in [1.82, 2.24) is 0 Å². The molecule has 2 fully saturated rings. The van der Waals surface area contributed by atoms with E-state index in [0.29, 0.717) is 0 Å². The van der Waals surface area contributed by atoms with Crippen LogP contribution in [0.5, 0.6) is 0 Å². The highest BCUT2D eigenvalue weighted by Crippen LogP contribution is 2.33. The predicted octanol–water partition coefficient (Wildman–Crippen LogP) is 2.17. The molecule has 0 spiro atoms. The van der Waals surface area contributed by atoms with E-state index in [-0.39, 0.29) is 19.3 Å². The van der Waals surface area contributed by atoms with Crippen molar-refractivity contribution in [3.05, 3.63) is 0 Å². The van der Waals surface area contributed by atoms with Gasteiger partial charge in [-0.05, 0) is 19.8 Å². The number of rotatable bonds is 3. The third-order valence-electron chi connectivity index (χ3n) is 4.31. The van der Waals surface area contributed by atoms with E-state index in [1.807, 2.05) is 0 Å². The summed E-state index contributed by atoms with van der Waals surface area (Å²) >= 11 is 0. The highest BCUT2D eigenvalue weighted by Gasteiger charge is 2.42. The second-order valence-corrected chi connectivity index (χ2v) is 6.37. The third kappa shape index (κ3) is 5.61. The molecule has 0 radical (unpaired) electrons. The molecule has 4 unspecified atom stereocenters. The SMILES string of the molecule is CC1OC(=O)C(N)COCC(CC(F)(F)F)C1OC1CCCC1. The van der Waals surface area contributed by atoms with Crippen LogP contribution in [0, 0.1) is 5.92 Å². The average molecular weight is 339 g/mol. The first-order valence-electron chi connectivity index (χ1n) is 8.02. The van der Waals surface area contributed by atoms with E-state index in [1.165, 1.54) is 0 Å². The maximum atomic E-state index is 12.9. The second-order valence-electron chi connectivity index (χ2n) is 6.37. The fraction of sp³-hybridized carbons (Fsp3) is 0.933. The van der Waals surface area contributed by atoms with E-state index in [0.717, 1.165) is 25.7 Å². The largest absolute Gasteiger partial charge is 0.459 e. The van der Waals surface area contributed by atoms with Crippen molar-refractivity contribution in [2.75, 3.05) is 13.2 Å². The summed E-state index contributed by atoms with van der Waals surface area (Å²) in [7, 11) is 0. The van der Waals surface area contributed by atoms with Gasteiger partial charge in [0.15, 0.2) is 0 Å². The summed E-state index contributed by atoms with van der Waals surface area (Å²) in [6.07, 6.45) is -3.50. The number of alkyl halides is 3. The second kappa shape index (κ2) is 7.81. The van der Waals surface area contributed by atoms with Crippen molar-refractivity contribution in [3.63, 3.8) is 0 Å². The van der Waals surface area contributed by atoms with Crippen LogP contribution >= 0.6 is 0 Å². The van der Waals surface area contributed by atoms with E-state index >= 15 is 0 Å². The molecule has 8 heteroatoms. The summed E-state index contributed by atoms with van der Waals surface area (Å²) in [6.45, 7) is 1.24. The molecule has 4 atom stereocenters. The third-order valence-corrected chi connectivity index (χ3v) is 4.31. The smallest absolute Gasteiger partial charge is 0.389 e. The molecule has 1 aliphatic heterocycles. The summed E-state index contributed by atoms with van der Waals surface area (Å²) in [6, 6.07) is -0.991. The lowest BCUT2D eigenvalue weighted by Gasteiger charge is -2.33. The van der Waals surface area contributed by atoms with Gasteiger partial charge in [-0.15, -0.1) is 0 Å². The van der Waals surface area contributed by atoms with Crippen LogP contribution in [-0.2, 0) is 19.0 Å². The Hall–Kier alpha value is -0.860. The number of halogens is 3. The van der Waals surface area contributed by atoms with Crippen LogP contribution in [0.25, 0.3) is 0 Å². The van der Waals surface area contributed by atoms with Crippen LogP contribution in [-0.4, -0.2) is 49.7 Å². The van der Waals surface area contributed by atoms with Crippen LogP contribution in [0.1, 0.15) is 39.0 Å². The van der Waals surface area contributed by atoms with Crippen LogP contribution in [0.4, 0.5) is 13.2 Å². The number of cyclic esters (lactones) is 1. The maximum absolute atomic E-state index is 12.9. The molecule has 0 bridgehead atoms. The van der Waals surface area contributed by atoms with Gasteiger partial charge >= 0.3 is 12.1 Å². The average Bonchev–Trinajstić information content (AvgIpc) is 2.94. The van der Waals surface area contributed by atoms with E-state index in [9.17, 15) is 18.0 Å². The fourth-order valence-corrected chi connectivity index (χ4v) is 3.17. The molecule has 0 aromatic carbocycles. The Morgan fingerprint density at radius 1 is 1.26 bits per heavy atom. The summed E-state index contributed by atoms with van der Waals surface area (Å²) in [5, 5.41) is 0. The lowest BCUT2D eigenvalue weighted by atomic mass is 9.94. The molecule has 2 rings (SSSR count). The minimum atomic E-state index is -4.34. The van der Waals surface area contributed by atoms with Gasteiger partial charge in [0.05, 0.1) is 31.8 Å². The molecule has 0 aromatic heterocycles. The van der Waals surface area contributed by atoms with Crippen LogP contribution < -0.4 is 5.73 Å². The Balaban J connectivity index is 2.15. The molecular weight excluding hydrogens is 315 g/mol. The summed E-state index contributed by atoms with van der Waals surface area (Å²) in [5.74, 6) is -1.60. The van der Waals surface area contributed by atoms with Crippen molar-refractivity contribution in [1.29, 1.82) is 0 Å². The zero-order valence-electron chi connectivity index (χ0n) is 13.2. The van der Waals surface area contributed by atoms with Crippen LogP contribution in [0.15, 0.2) is 0 Å². The zero-order chi connectivity index (χ0) is 17.0. The first-order valence-corrected chi connectivity index (χ1v) is 8.02. The molecule has 1 saturated heterocycles. The molecule has 2 N–H and O–H groups in total. The number of carbonyl (C=O) groups excluding carboxylic acids is 1. The standard InChI is InChI=1S/C15H24F3NO4/c1-9-13(23-11-4-2-3-5-11)10(6-15(16,17)18)7-21-8-12(19)14(20)22-9/h9-13H,2-8,19H2,1H3. The lowest BCUT2D eigenvalue weighted by Crippen LogP contribution is -2.43. The van der Waals surface area contributed by atoms with Gasteiger partial charge in [-0.1, -0.05) is 12.8 Å². The number of esters is 1. The van der Waals surface area contributed by atoms with Crippen LogP contribution in [0.2, 0.25) is 0 Å². The highest BCUT2D eigenvalue weighted by atomic mass is 19.4. The van der Waals surface area contributed by atoms with Gasteiger partial charge in [0.2, 0.25) is 0 Å². The van der Waals surface area contributed by atoms with Crippen molar-refractivity contribution in [2.24, 2.45) is 11.7 Å². The highest BCUT2D eigenvalue weighted by molar-refractivity contribution is 5.75. The number of ether oxygens (including phenoxy) is 3. The topological polar surface area (TPSA) is 70.8 Å². The molecule has 0 aromatic rings. The Kier molecular flexibility index (Phi) is 6.27. The molecular formula is C15H24F3NO4. The van der Waals surface area contributed by atoms with Crippen molar-refractivity contribution >= 4 is 5.97 Å². The maximum Gasteiger partial charge on any atom is 0.389 e. The van der Waals surface area contributed by atoms with Gasteiger partial charge in [0, 0.05) is 5.92 Å². The number of carbonyl (C=O) groups is 1. The monoisotopic (exact) mass is 339 g/mol. The van der Waals surface area contributed by atoms with E-state index in [1.54, 1.807) is 6.92 Å². The van der Waals surface area contributed by atoms with Gasteiger partial charge in [-0.25, -0.2) is 0 Å². The minimum absolute atomic E-state index is 0.0914. The molecule has 0 amide bonds. The Morgan fingerprint density at radius 2 is 1.91 bits per heavy atom. The van der Waals surface area contributed by atoms with Gasteiger partial charge in [0.1, 0.15) is 12.1 Å². The normalized spacial score (nSPS) is 34.6. The van der Waals surface area contributed by atoms with Crippen molar-refractivity contribution < 1.29 is 32.2 Å². The quantitative estimate of drug-likeness (QED) is 0.798. The fourth-order valence-electron chi connectivity index (χ4n) is 3.17. The predicted molar refractivity (Wildman–Crippen MR) is 75.6 cm³/mol. The molecule has 1 saturated carbocycles. The van der Waals surface area contributed by atoms with Gasteiger partial charge in [-0.2, -0.15) is 13.2 Å². The van der Waals surface area contributed by atoms with Gasteiger partial charge in [0.25, 0.3) is 0 Å². The summed E-state index contributed by atoms with van der Waals surface area (Å²) < 4.78 is 55.0. The zero-order valence-corrected chi connectivity index (χ0v) is 13.2.